The average molecular weight is 373 g/mol. The number of rotatable bonds is 8. The minimum atomic E-state index is 0.0948. The Kier molecular flexibility index (Phi) is 7.09. The first-order valence-corrected chi connectivity index (χ1v) is 10.4. The van der Waals surface area contributed by atoms with Crippen LogP contribution in [-0.2, 0) is 17.8 Å². The van der Waals surface area contributed by atoms with Crippen molar-refractivity contribution < 1.29 is 9.53 Å². The summed E-state index contributed by atoms with van der Waals surface area (Å²) in [6.45, 7) is 5.51. The number of hydrogen-bond donors (Lipinski definition) is 1. The molecule has 0 spiro atoms. The van der Waals surface area contributed by atoms with Crippen LogP contribution >= 0.6 is 11.3 Å². The minimum absolute atomic E-state index is 0.0948. The van der Waals surface area contributed by atoms with Gasteiger partial charge in [-0.3, -0.25) is 9.69 Å². The highest BCUT2D eigenvalue weighted by Crippen LogP contribution is 2.26. The molecule has 26 heavy (non-hydrogen) atoms. The number of carbonyl (C=O) groups excluding carboxylic acids is 1. The van der Waals surface area contributed by atoms with E-state index in [1.807, 2.05) is 22.9 Å². The average Bonchev–Trinajstić information content (AvgIpc) is 3.06. The van der Waals surface area contributed by atoms with Crippen molar-refractivity contribution in [3.8, 4) is 5.75 Å². The van der Waals surface area contributed by atoms with E-state index >= 15 is 0 Å². The summed E-state index contributed by atoms with van der Waals surface area (Å²) in [6, 6.07) is 10.3. The van der Waals surface area contributed by atoms with Gasteiger partial charge in [0.25, 0.3) is 0 Å². The summed E-state index contributed by atoms with van der Waals surface area (Å²) < 4.78 is 6.26. The molecule has 1 N–H and O–H groups in total. The summed E-state index contributed by atoms with van der Waals surface area (Å²) in [7, 11) is 0. The molecule has 0 saturated carbocycles. The Morgan fingerprint density at radius 3 is 3.04 bits per heavy atom. The van der Waals surface area contributed by atoms with Gasteiger partial charge in [0.15, 0.2) is 0 Å². The van der Waals surface area contributed by atoms with Crippen molar-refractivity contribution >= 4 is 17.2 Å². The van der Waals surface area contributed by atoms with Gasteiger partial charge in [-0.2, -0.15) is 11.3 Å². The first kappa shape index (κ1) is 18.9. The van der Waals surface area contributed by atoms with Crippen LogP contribution in [0.1, 0.15) is 37.3 Å². The fourth-order valence-corrected chi connectivity index (χ4v) is 3.98. The molecule has 1 aliphatic heterocycles. The molecule has 4 nitrogen and oxygen atoms in total. The van der Waals surface area contributed by atoms with E-state index in [0.29, 0.717) is 13.0 Å². The maximum atomic E-state index is 12.1. The maximum absolute atomic E-state index is 12.1. The van der Waals surface area contributed by atoms with Crippen LogP contribution in [0.15, 0.2) is 41.1 Å². The van der Waals surface area contributed by atoms with Gasteiger partial charge in [-0.15, -0.1) is 0 Å². The van der Waals surface area contributed by atoms with Gasteiger partial charge in [0, 0.05) is 31.7 Å². The van der Waals surface area contributed by atoms with Crippen molar-refractivity contribution in [2.75, 3.05) is 19.6 Å². The standard InChI is InChI=1S/C21H28N2O2S/c1-2-3-7-19-15-23(14-18-6-4-5-8-20(18)25-19)11-10-22-21(24)13-17-9-12-26-16-17/h4-6,8-9,12,16,19H,2-3,7,10-11,13-15H2,1H3,(H,22,24). The molecule has 3 rings (SSSR count). The molecule has 0 saturated heterocycles. The molecule has 1 amide bonds. The van der Waals surface area contributed by atoms with E-state index in [-0.39, 0.29) is 12.0 Å². The molecule has 0 radical (unpaired) electrons. The molecule has 0 fully saturated rings. The first-order valence-electron chi connectivity index (χ1n) is 9.49. The second-order valence-corrected chi connectivity index (χ2v) is 7.66. The predicted molar refractivity (Wildman–Crippen MR) is 107 cm³/mol. The molecule has 1 aromatic heterocycles. The molecular formula is C21H28N2O2S. The number of nitrogens with zero attached hydrogens (tertiary/aromatic N) is 1. The van der Waals surface area contributed by atoms with Crippen LogP contribution in [0, 0.1) is 0 Å². The Morgan fingerprint density at radius 1 is 1.35 bits per heavy atom. The maximum Gasteiger partial charge on any atom is 0.224 e. The zero-order valence-corrected chi connectivity index (χ0v) is 16.3. The third kappa shape index (κ3) is 5.58. The monoisotopic (exact) mass is 372 g/mol. The molecule has 140 valence electrons. The lowest BCUT2D eigenvalue weighted by Crippen LogP contribution is -2.39. The van der Waals surface area contributed by atoms with E-state index in [1.165, 1.54) is 18.4 Å². The summed E-state index contributed by atoms with van der Waals surface area (Å²) in [6.07, 6.45) is 4.12. The Labute approximate surface area is 160 Å². The number of hydrogen-bond acceptors (Lipinski definition) is 4. The summed E-state index contributed by atoms with van der Waals surface area (Å²) in [5, 5.41) is 7.09. The number of ether oxygens (including phenoxy) is 1. The fourth-order valence-electron chi connectivity index (χ4n) is 3.31. The van der Waals surface area contributed by atoms with Crippen LogP contribution in [0.2, 0.25) is 0 Å². The van der Waals surface area contributed by atoms with Gasteiger partial charge in [0.05, 0.1) is 6.42 Å². The smallest absolute Gasteiger partial charge is 0.224 e. The van der Waals surface area contributed by atoms with Crippen molar-refractivity contribution in [2.24, 2.45) is 0 Å². The van der Waals surface area contributed by atoms with E-state index < -0.39 is 0 Å². The Morgan fingerprint density at radius 2 is 2.23 bits per heavy atom. The van der Waals surface area contributed by atoms with E-state index in [4.69, 9.17) is 4.74 Å². The molecule has 5 heteroatoms. The molecule has 2 aromatic rings. The van der Waals surface area contributed by atoms with E-state index in [2.05, 4.69) is 35.3 Å². The Hall–Kier alpha value is -1.85. The second-order valence-electron chi connectivity index (χ2n) is 6.88. The number of nitrogens with one attached hydrogen (secondary N) is 1. The van der Waals surface area contributed by atoms with E-state index in [9.17, 15) is 4.79 Å². The molecule has 0 bridgehead atoms. The lowest BCUT2D eigenvalue weighted by Gasteiger charge is -2.24. The van der Waals surface area contributed by atoms with Crippen molar-refractivity contribution in [1.29, 1.82) is 0 Å². The Balaban J connectivity index is 1.53. The topological polar surface area (TPSA) is 41.6 Å². The SMILES string of the molecule is CCCCC1CN(CCNC(=O)Cc2ccsc2)Cc2ccccc2O1. The number of benzene rings is 1. The summed E-state index contributed by atoms with van der Waals surface area (Å²) in [5.74, 6) is 1.11. The summed E-state index contributed by atoms with van der Waals surface area (Å²) >= 11 is 1.63. The molecule has 1 atom stereocenters. The van der Waals surface area contributed by atoms with Crippen molar-refractivity contribution in [3.05, 3.63) is 52.2 Å². The fraction of sp³-hybridized carbons (Fsp3) is 0.476. The number of fused-ring (bicyclic) bond motifs is 1. The number of unbranched alkanes of at least 4 members (excludes halogenated alkanes) is 1. The normalized spacial score (nSPS) is 17.2. The lowest BCUT2D eigenvalue weighted by molar-refractivity contribution is -0.120. The summed E-state index contributed by atoms with van der Waals surface area (Å²) in [5.41, 5.74) is 2.32. The third-order valence-corrected chi connectivity index (χ3v) is 5.43. The van der Waals surface area contributed by atoms with Gasteiger partial charge in [-0.25, -0.2) is 0 Å². The van der Waals surface area contributed by atoms with Crippen molar-refractivity contribution in [2.45, 2.75) is 45.3 Å². The van der Waals surface area contributed by atoms with Crippen LogP contribution in [0.5, 0.6) is 5.75 Å². The van der Waals surface area contributed by atoms with Crippen molar-refractivity contribution in [3.63, 3.8) is 0 Å². The zero-order valence-electron chi connectivity index (χ0n) is 15.4. The van der Waals surface area contributed by atoms with E-state index in [1.54, 1.807) is 11.3 Å². The number of amides is 1. The predicted octanol–water partition coefficient (Wildman–Crippen LogP) is 3.86. The largest absolute Gasteiger partial charge is 0.489 e. The highest BCUT2D eigenvalue weighted by molar-refractivity contribution is 7.08. The van der Waals surface area contributed by atoms with Gasteiger partial charge in [-0.05, 0) is 41.3 Å². The Bertz CT molecular complexity index is 687. The number of carbonyl (C=O) groups is 1. The van der Waals surface area contributed by atoms with Gasteiger partial charge in [0.2, 0.25) is 5.91 Å². The highest BCUT2D eigenvalue weighted by atomic mass is 32.1. The molecule has 0 aliphatic carbocycles. The van der Waals surface area contributed by atoms with Crippen LogP contribution in [0.4, 0.5) is 0 Å². The summed E-state index contributed by atoms with van der Waals surface area (Å²) in [4.78, 5) is 14.5. The van der Waals surface area contributed by atoms with Gasteiger partial charge in [0.1, 0.15) is 11.9 Å². The third-order valence-electron chi connectivity index (χ3n) is 4.70. The number of thiophene rings is 1. The molecular weight excluding hydrogens is 344 g/mol. The van der Waals surface area contributed by atoms with Crippen LogP contribution in [0.25, 0.3) is 0 Å². The quantitative estimate of drug-likeness (QED) is 0.765. The van der Waals surface area contributed by atoms with Crippen LogP contribution < -0.4 is 10.1 Å². The van der Waals surface area contributed by atoms with Crippen LogP contribution in [0.3, 0.4) is 0 Å². The van der Waals surface area contributed by atoms with Gasteiger partial charge < -0.3 is 10.1 Å². The van der Waals surface area contributed by atoms with E-state index in [0.717, 1.165) is 37.4 Å². The second kappa shape index (κ2) is 9.74. The highest BCUT2D eigenvalue weighted by Gasteiger charge is 2.22. The number of para-hydroxylation sites is 1. The zero-order chi connectivity index (χ0) is 18.2. The molecule has 2 heterocycles. The van der Waals surface area contributed by atoms with Gasteiger partial charge in [-0.1, -0.05) is 31.5 Å². The minimum Gasteiger partial charge on any atom is -0.489 e. The van der Waals surface area contributed by atoms with Crippen molar-refractivity contribution in [1.82, 2.24) is 10.2 Å². The first-order chi connectivity index (χ1) is 12.7. The lowest BCUT2D eigenvalue weighted by atomic mass is 10.1. The van der Waals surface area contributed by atoms with Crippen LogP contribution in [-0.4, -0.2) is 36.5 Å². The van der Waals surface area contributed by atoms with Gasteiger partial charge >= 0.3 is 0 Å². The molecule has 1 aliphatic rings. The molecule has 1 aromatic carbocycles. The molecule has 1 unspecified atom stereocenters.